The molecule has 21 heavy (non-hydrogen) atoms. The molecule has 1 N–H and O–H groups in total. The number of nitrogens with zero attached hydrogens (tertiary/aromatic N) is 2. The van der Waals surface area contributed by atoms with Crippen LogP contribution >= 0.6 is 11.8 Å². The number of benzene rings is 1. The average molecular weight is 308 g/mol. The quantitative estimate of drug-likeness (QED) is 0.869. The van der Waals surface area contributed by atoms with E-state index in [2.05, 4.69) is 17.0 Å². The van der Waals surface area contributed by atoms with Crippen molar-refractivity contribution in [2.45, 2.75) is 24.3 Å². The van der Waals surface area contributed by atoms with Crippen molar-refractivity contribution in [1.29, 1.82) is 0 Å². The Morgan fingerprint density at radius 1 is 1.38 bits per heavy atom. The number of carbonyl (C=O) groups excluding carboxylic acids is 1. The molecular weight excluding hydrogens is 284 g/mol. The Labute approximate surface area is 131 Å². The fourth-order valence-electron chi connectivity index (χ4n) is 2.48. The normalized spacial score (nSPS) is 16.9. The highest BCUT2D eigenvalue weighted by Crippen LogP contribution is 2.23. The van der Waals surface area contributed by atoms with Gasteiger partial charge in [0.05, 0.1) is 0 Å². The summed E-state index contributed by atoms with van der Waals surface area (Å²) >= 11 is 1.27. The van der Waals surface area contributed by atoms with Crippen LogP contribution in [-0.4, -0.2) is 53.9 Å². The van der Waals surface area contributed by atoms with E-state index in [4.69, 9.17) is 0 Å². The zero-order valence-electron chi connectivity index (χ0n) is 12.8. The lowest BCUT2D eigenvalue weighted by atomic mass is 9.97. The number of thioether (sulfide) groups is 1. The van der Waals surface area contributed by atoms with Gasteiger partial charge in [0.2, 0.25) is 0 Å². The number of hydrogen-bond acceptors (Lipinski definition) is 4. The van der Waals surface area contributed by atoms with Crippen molar-refractivity contribution in [3.8, 4) is 0 Å². The first-order valence-electron chi connectivity index (χ1n) is 7.39. The topological polar surface area (TPSA) is 43.8 Å². The highest BCUT2D eigenvalue weighted by atomic mass is 32.2. The number of aliphatic hydroxyl groups excluding tert-OH is 1. The molecular formula is C16H24N2O2S. The summed E-state index contributed by atoms with van der Waals surface area (Å²) in [5.74, 6) is 0.473. The summed E-state index contributed by atoms with van der Waals surface area (Å²) in [6.45, 7) is 3.31. The van der Waals surface area contributed by atoms with Gasteiger partial charge in [0.1, 0.15) is 0 Å². The van der Waals surface area contributed by atoms with Gasteiger partial charge < -0.3 is 10.0 Å². The number of aliphatic hydroxyl groups is 1. The van der Waals surface area contributed by atoms with Crippen LogP contribution in [-0.2, 0) is 6.54 Å². The largest absolute Gasteiger partial charge is 0.396 e. The minimum atomic E-state index is 0.0518. The molecule has 0 spiro atoms. The van der Waals surface area contributed by atoms with E-state index >= 15 is 0 Å². The van der Waals surface area contributed by atoms with Crippen LogP contribution in [0, 0.1) is 5.92 Å². The monoisotopic (exact) mass is 308 g/mol. The molecule has 0 unspecified atom stereocenters. The van der Waals surface area contributed by atoms with Crippen molar-refractivity contribution in [1.82, 2.24) is 9.80 Å². The van der Waals surface area contributed by atoms with Crippen molar-refractivity contribution >= 4 is 17.0 Å². The van der Waals surface area contributed by atoms with E-state index in [-0.39, 0.29) is 5.24 Å². The molecule has 116 valence electrons. The summed E-state index contributed by atoms with van der Waals surface area (Å²) in [6, 6.07) is 8.21. The second-order valence-corrected chi connectivity index (χ2v) is 6.84. The van der Waals surface area contributed by atoms with Gasteiger partial charge in [-0.2, -0.15) is 0 Å². The molecule has 0 saturated carbocycles. The van der Waals surface area contributed by atoms with Crippen LogP contribution in [0.25, 0.3) is 0 Å². The van der Waals surface area contributed by atoms with Crippen molar-refractivity contribution in [3.05, 3.63) is 29.8 Å². The Bertz CT molecular complexity index is 471. The number of carbonyl (C=O) groups is 1. The predicted octanol–water partition coefficient (Wildman–Crippen LogP) is 2.66. The maximum Gasteiger partial charge on any atom is 0.285 e. The minimum absolute atomic E-state index is 0.0518. The molecule has 1 aromatic rings. The summed E-state index contributed by atoms with van der Waals surface area (Å²) in [5, 5.41) is 9.23. The molecule has 1 saturated heterocycles. The van der Waals surface area contributed by atoms with Crippen LogP contribution < -0.4 is 0 Å². The minimum Gasteiger partial charge on any atom is -0.396 e. The Morgan fingerprint density at radius 3 is 2.71 bits per heavy atom. The van der Waals surface area contributed by atoms with Crippen molar-refractivity contribution < 1.29 is 9.90 Å². The van der Waals surface area contributed by atoms with Crippen molar-refractivity contribution in [2.24, 2.45) is 5.92 Å². The number of amides is 1. The molecule has 4 nitrogen and oxygen atoms in total. The van der Waals surface area contributed by atoms with Crippen LogP contribution in [0.15, 0.2) is 29.2 Å². The fraction of sp³-hybridized carbons (Fsp3) is 0.562. The highest BCUT2D eigenvalue weighted by molar-refractivity contribution is 8.13. The Balaban J connectivity index is 1.91. The van der Waals surface area contributed by atoms with Crippen LogP contribution in [0.4, 0.5) is 4.79 Å². The first kappa shape index (κ1) is 16.3. The molecule has 1 aliphatic rings. The second kappa shape index (κ2) is 7.82. The van der Waals surface area contributed by atoms with Gasteiger partial charge in [-0.05, 0) is 61.3 Å². The van der Waals surface area contributed by atoms with E-state index in [9.17, 15) is 9.90 Å². The van der Waals surface area contributed by atoms with Gasteiger partial charge in [-0.15, -0.1) is 0 Å². The number of piperidine rings is 1. The third-order valence-electron chi connectivity index (χ3n) is 3.84. The molecule has 0 atom stereocenters. The molecule has 2 rings (SSSR count). The zero-order chi connectivity index (χ0) is 15.2. The summed E-state index contributed by atoms with van der Waals surface area (Å²) in [5.41, 5.74) is 1.24. The maximum atomic E-state index is 11.7. The maximum absolute atomic E-state index is 11.7. The SMILES string of the molecule is CN(C)C(=O)Sc1cccc(CN2CCC(CO)CC2)c1. The molecule has 1 fully saturated rings. The molecule has 0 aromatic heterocycles. The molecule has 0 aliphatic carbocycles. The lowest BCUT2D eigenvalue weighted by Crippen LogP contribution is -2.34. The van der Waals surface area contributed by atoms with Gasteiger partial charge in [-0.1, -0.05) is 12.1 Å². The van der Waals surface area contributed by atoms with Crippen LogP contribution in [0.1, 0.15) is 18.4 Å². The lowest BCUT2D eigenvalue weighted by Gasteiger charge is -2.31. The Morgan fingerprint density at radius 2 is 2.10 bits per heavy atom. The van der Waals surface area contributed by atoms with Gasteiger partial charge in [0.15, 0.2) is 0 Å². The summed E-state index contributed by atoms with van der Waals surface area (Å²) in [7, 11) is 3.54. The third kappa shape index (κ3) is 5.02. The number of likely N-dealkylation sites (tertiary alicyclic amines) is 1. The summed E-state index contributed by atoms with van der Waals surface area (Å²) < 4.78 is 0. The summed E-state index contributed by atoms with van der Waals surface area (Å²) in [4.78, 5) is 16.7. The summed E-state index contributed by atoms with van der Waals surface area (Å²) in [6.07, 6.45) is 2.15. The van der Waals surface area contributed by atoms with Crippen LogP contribution in [0.3, 0.4) is 0 Å². The Hall–Kier alpha value is -1.04. The van der Waals surface area contributed by atoms with Gasteiger partial charge in [0.25, 0.3) is 5.24 Å². The van der Waals surface area contributed by atoms with E-state index in [1.807, 2.05) is 12.1 Å². The standard InChI is InChI=1S/C16H24N2O2S/c1-17(2)16(20)21-15-5-3-4-14(10-15)11-18-8-6-13(12-19)7-9-18/h3-5,10,13,19H,6-9,11-12H2,1-2H3. The van der Waals surface area contributed by atoms with E-state index < -0.39 is 0 Å². The van der Waals surface area contributed by atoms with Gasteiger partial charge in [-0.3, -0.25) is 9.69 Å². The van der Waals surface area contributed by atoms with Gasteiger partial charge in [0, 0.05) is 32.1 Å². The van der Waals surface area contributed by atoms with E-state index in [0.717, 1.165) is 37.4 Å². The first-order valence-corrected chi connectivity index (χ1v) is 8.21. The third-order valence-corrected chi connectivity index (χ3v) is 4.87. The molecule has 1 aromatic carbocycles. The predicted molar refractivity (Wildman–Crippen MR) is 86.5 cm³/mol. The average Bonchev–Trinajstić information content (AvgIpc) is 2.48. The molecule has 1 aliphatic heterocycles. The second-order valence-electron chi connectivity index (χ2n) is 5.81. The molecule has 0 radical (unpaired) electrons. The van der Waals surface area contributed by atoms with Crippen molar-refractivity contribution in [3.63, 3.8) is 0 Å². The fourth-order valence-corrected chi connectivity index (χ4v) is 3.23. The van der Waals surface area contributed by atoms with Gasteiger partial charge >= 0.3 is 0 Å². The van der Waals surface area contributed by atoms with E-state index in [1.165, 1.54) is 17.3 Å². The zero-order valence-corrected chi connectivity index (χ0v) is 13.6. The first-order chi connectivity index (χ1) is 10.1. The Kier molecular flexibility index (Phi) is 6.08. The van der Waals surface area contributed by atoms with Gasteiger partial charge in [-0.25, -0.2) is 0 Å². The van der Waals surface area contributed by atoms with E-state index in [0.29, 0.717) is 12.5 Å². The highest BCUT2D eigenvalue weighted by Gasteiger charge is 2.18. The number of hydrogen-bond donors (Lipinski definition) is 1. The smallest absolute Gasteiger partial charge is 0.285 e. The van der Waals surface area contributed by atoms with Crippen LogP contribution in [0.5, 0.6) is 0 Å². The molecule has 1 heterocycles. The molecule has 5 heteroatoms. The van der Waals surface area contributed by atoms with E-state index in [1.54, 1.807) is 19.0 Å². The molecule has 0 bridgehead atoms. The van der Waals surface area contributed by atoms with Crippen molar-refractivity contribution in [2.75, 3.05) is 33.8 Å². The lowest BCUT2D eigenvalue weighted by molar-refractivity contribution is 0.127. The van der Waals surface area contributed by atoms with Crippen LogP contribution in [0.2, 0.25) is 0 Å². The molecule has 1 amide bonds. The number of rotatable bonds is 4.